The lowest BCUT2D eigenvalue weighted by molar-refractivity contribution is -0.124. The maximum atomic E-state index is 14.0. The van der Waals surface area contributed by atoms with Crippen molar-refractivity contribution in [2.75, 3.05) is 20.2 Å². The molecule has 1 atom stereocenters. The smallest absolute Gasteiger partial charge is 0.270 e. The van der Waals surface area contributed by atoms with Crippen LogP contribution in [-0.4, -0.2) is 50.8 Å². The van der Waals surface area contributed by atoms with Gasteiger partial charge in [-0.3, -0.25) is 4.79 Å². The van der Waals surface area contributed by atoms with Gasteiger partial charge in [0, 0.05) is 24.5 Å². The summed E-state index contributed by atoms with van der Waals surface area (Å²) >= 11 is 5.85. The molecule has 25 heavy (non-hydrogen) atoms. The SMILES string of the molecule is C=CC(=O)NC1CN(S(=O)(=O)c2cc(Cl)ccc2OC)CCC1(F)F. The molecule has 1 amide bonds. The predicted octanol–water partition coefficient (Wildman–Crippen LogP) is 2.05. The molecule has 0 aromatic heterocycles. The van der Waals surface area contributed by atoms with Gasteiger partial charge in [-0.25, -0.2) is 17.2 Å². The molecule has 6 nitrogen and oxygen atoms in total. The second-order valence-electron chi connectivity index (χ2n) is 5.43. The quantitative estimate of drug-likeness (QED) is 0.775. The van der Waals surface area contributed by atoms with Crippen LogP contribution in [0, 0.1) is 0 Å². The first-order valence-electron chi connectivity index (χ1n) is 7.26. The number of hydrogen-bond acceptors (Lipinski definition) is 4. The lowest BCUT2D eigenvalue weighted by Crippen LogP contribution is -2.59. The first-order chi connectivity index (χ1) is 11.6. The number of nitrogens with one attached hydrogen (secondary N) is 1. The van der Waals surface area contributed by atoms with Crippen LogP contribution in [0.5, 0.6) is 5.75 Å². The molecule has 1 aliphatic rings. The van der Waals surface area contributed by atoms with E-state index in [0.29, 0.717) is 0 Å². The molecule has 0 spiro atoms. The fraction of sp³-hybridized carbons (Fsp3) is 0.400. The lowest BCUT2D eigenvalue weighted by atomic mass is 10.0. The maximum Gasteiger partial charge on any atom is 0.270 e. The Morgan fingerprint density at radius 2 is 2.20 bits per heavy atom. The van der Waals surface area contributed by atoms with E-state index in [2.05, 4.69) is 11.9 Å². The number of nitrogens with zero attached hydrogens (tertiary/aromatic N) is 1. The van der Waals surface area contributed by atoms with Crippen molar-refractivity contribution in [2.45, 2.75) is 23.3 Å². The van der Waals surface area contributed by atoms with Gasteiger partial charge in [-0.2, -0.15) is 4.31 Å². The Bertz CT molecular complexity index is 786. The number of piperidine rings is 1. The van der Waals surface area contributed by atoms with E-state index in [9.17, 15) is 22.0 Å². The first-order valence-corrected chi connectivity index (χ1v) is 9.08. The summed E-state index contributed by atoms with van der Waals surface area (Å²) in [6.07, 6.45) is 0.126. The van der Waals surface area contributed by atoms with Gasteiger partial charge in [-0.15, -0.1) is 0 Å². The summed E-state index contributed by atoms with van der Waals surface area (Å²) in [5.74, 6) is -3.99. The number of benzene rings is 1. The van der Waals surface area contributed by atoms with E-state index in [0.717, 1.165) is 10.4 Å². The van der Waals surface area contributed by atoms with Crippen molar-refractivity contribution >= 4 is 27.5 Å². The number of amides is 1. The predicted molar refractivity (Wildman–Crippen MR) is 88.5 cm³/mol. The Morgan fingerprint density at radius 3 is 2.80 bits per heavy atom. The van der Waals surface area contributed by atoms with E-state index >= 15 is 0 Å². The van der Waals surface area contributed by atoms with Crippen molar-refractivity contribution in [1.82, 2.24) is 9.62 Å². The summed E-state index contributed by atoms with van der Waals surface area (Å²) in [4.78, 5) is 11.2. The molecular weight excluding hydrogens is 378 g/mol. The van der Waals surface area contributed by atoms with Gasteiger partial charge in [0.25, 0.3) is 5.92 Å². The summed E-state index contributed by atoms with van der Waals surface area (Å²) in [5.41, 5.74) is 0. The maximum absolute atomic E-state index is 14.0. The number of methoxy groups -OCH3 is 1. The van der Waals surface area contributed by atoms with Crippen LogP contribution in [-0.2, 0) is 14.8 Å². The average molecular weight is 395 g/mol. The number of hydrogen-bond donors (Lipinski definition) is 1. The monoisotopic (exact) mass is 394 g/mol. The molecule has 10 heteroatoms. The third-order valence-corrected chi connectivity index (χ3v) is 5.96. The third-order valence-electron chi connectivity index (χ3n) is 3.84. The highest BCUT2D eigenvalue weighted by atomic mass is 35.5. The van der Waals surface area contributed by atoms with Crippen LogP contribution in [0.3, 0.4) is 0 Å². The van der Waals surface area contributed by atoms with Crippen LogP contribution >= 0.6 is 11.6 Å². The van der Waals surface area contributed by atoms with Crippen molar-refractivity contribution in [3.63, 3.8) is 0 Å². The van der Waals surface area contributed by atoms with Gasteiger partial charge in [0.05, 0.1) is 7.11 Å². The molecule has 1 unspecified atom stereocenters. The average Bonchev–Trinajstić information content (AvgIpc) is 2.56. The van der Waals surface area contributed by atoms with Crippen LogP contribution in [0.15, 0.2) is 35.7 Å². The van der Waals surface area contributed by atoms with Crippen molar-refractivity contribution in [1.29, 1.82) is 0 Å². The van der Waals surface area contributed by atoms with Gasteiger partial charge in [0.15, 0.2) is 0 Å². The van der Waals surface area contributed by atoms with E-state index in [1.807, 2.05) is 0 Å². The molecule has 1 N–H and O–H groups in total. The summed E-state index contributed by atoms with van der Waals surface area (Å²) in [6, 6.07) is 2.37. The van der Waals surface area contributed by atoms with Gasteiger partial charge < -0.3 is 10.1 Å². The number of ether oxygens (including phenoxy) is 1. The molecule has 1 saturated heterocycles. The molecule has 138 valence electrons. The summed E-state index contributed by atoms with van der Waals surface area (Å²) in [6.45, 7) is 2.23. The van der Waals surface area contributed by atoms with Crippen molar-refractivity contribution < 1.29 is 26.7 Å². The van der Waals surface area contributed by atoms with Gasteiger partial charge in [-0.05, 0) is 24.3 Å². The van der Waals surface area contributed by atoms with Gasteiger partial charge in [0.1, 0.15) is 16.7 Å². The van der Waals surface area contributed by atoms with E-state index in [1.54, 1.807) is 0 Å². The molecule has 1 heterocycles. The van der Waals surface area contributed by atoms with Crippen molar-refractivity contribution in [2.24, 2.45) is 0 Å². The van der Waals surface area contributed by atoms with E-state index in [1.165, 1.54) is 25.3 Å². The number of sulfonamides is 1. The highest BCUT2D eigenvalue weighted by molar-refractivity contribution is 7.89. The van der Waals surface area contributed by atoms with Crippen LogP contribution in [0.1, 0.15) is 6.42 Å². The fourth-order valence-corrected chi connectivity index (χ4v) is 4.34. The molecule has 0 bridgehead atoms. The summed E-state index contributed by atoms with van der Waals surface area (Å²) < 4.78 is 59.6. The Labute approximate surface area is 149 Å². The minimum absolute atomic E-state index is 0.0495. The summed E-state index contributed by atoms with van der Waals surface area (Å²) in [5, 5.41) is 2.25. The number of halogens is 3. The molecule has 1 aliphatic heterocycles. The van der Waals surface area contributed by atoms with Gasteiger partial charge in [-0.1, -0.05) is 18.2 Å². The number of rotatable bonds is 5. The normalized spacial score (nSPS) is 20.7. The Kier molecular flexibility index (Phi) is 5.70. The second kappa shape index (κ2) is 7.27. The second-order valence-corrected chi connectivity index (χ2v) is 7.78. The van der Waals surface area contributed by atoms with Crippen LogP contribution in [0.25, 0.3) is 0 Å². The van der Waals surface area contributed by atoms with E-state index < -0.39 is 47.4 Å². The highest BCUT2D eigenvalue weighted by Gasteiger charge is 2.47. The molecule has 0 saturated carbocycles. The Balaban J connectivity index is 2.36. The lowest BCUT2D eigenvalue weighted by Gasteiger charge is -2.37. The zero-order valence-electron chi connectivity index (χ0n) is 13.3. The van der Waals surface area contributed by atoms with Gasteiger partial charge in [0.2, 0.25) is 15.9 Å². The first kappa shape index (κ1) is 19.6. The number of carbonyl (C=O) groups excluding carboxylic acids is 1. The Morgan fingerprint density at radius 1 is 1.52 bits per heavy atom. The van der Waals surface area contributed by atoms with Crippen molar-refractivity contribution in [3.05, 3.63) is 35.9 Å². The number of carbonyl (C=O) groups is 1. The molecule has 1 aromatic carbocycles. The largest absolute Gasteiger partial charge is 0.495 e. The fourth-order valence-electron chi connectivity index (χ4n) is 2.47. The van der Waals surface area contributed by atoms with Crippen LogP contribution in [0.4, 0.5) is 8.78 Å². The van der Waals surface area contributed by atoms with Crippen LogP contribution < -0.4 is 10.1 Å². The minimum atomic E-state index is -4.14. The van der Waals surface area contributed by atoms with Gasteiger partial charge >= 0.3 is 0 Å². The van der Waals surface area contributed by atoms with Crippen LogP contribution in [0.2, 0.25) is 5.02 Å². The molecule has 1 aromatic rings. The topological polar surface area (TPSA) is 75.7 Å². The number of alkyl halides is 2. The molecule has 0 radical (unpaired) electrons. The Hall–Kier alpha value is -1.71. The molecule has 2 rings (SSSR count). The van der Waals surface area contributed by atoms with E-state index in [4.69, 9.17) is 16.3 Å². The van der Waals surface area contributed by atoms with Crippen molar-refractivity contribution in [3.8, 4) is 5.75 Å². The standard InChI is InChI=1S/C15H17ClF2N2O4S/c1-3-14(21)19-13-9-20(7-6-15(13,17)18)25(22,23)12-8-10(16)4-5-11(12)24-2/h3-5,8,13H,1,6-7,9H2,2H3,(H,19,21). The highest BCUT2D eigenvalue weighted by Crippen LogP contribution is 2.34. The molecule has 1 fully saturated rings. The molecule has 0 aliphatic carbocycles. The zero-order chi connectivity index (χ0) is 18.8. The minimum Gasteiger partial charge on any atom is -0.495 e. The van der Waals surface area contributed by atoms with E-state index in [-0.39, 0.29) is 15.7 Å². The zero-order valence-corrected chi connectivity index (χ0v) is 14.9. The molecular formula is C15H17ClF2N2O4S. The summed E-state index contributed by atoms with van der Waals surface area (Å²) in [7, 11) is -2.85. The third kappa shape index (κ3) is 4.10.